The molecule has 0 N–H and O–H groups in total. The lowest BCUT2D eigenvalue weighted by Gasteiger charge is -2.14. The van der Waals surface area contributed by atoms with E-state index in [0.717, 1.165) is 6.42 Å². The number of aryl methyl sites for hydroxylation is 3. The first kappa shape index (κ1) is 18.5. The molecule has 22 heavy (non-hydrogen) atoms. The van der Waals surface area contributed by atoms with Crippen molar-refractivity contribution in [1.82, 2.24) is 0 Å². The molecule has 2 rings (SSSR count). The van der Waals surface area contributed by atoms with Crippen LogP contribution in [-0.2, 0) is 6.42 Å². The maximum absolute atomic E-state index is 2.36. The lowest BCUT2D eigenvalue weighted by atomic mass is 9.91. The summed E-state index contributed by atoms with van der Waals surface area (Å²) in [7, 11) is 0. The summed E-state index contributed by atoms with van der Waals surface area (Å²) in [6.45, 7) is 15.2. The van der Waals surface area contributed by atoms with Crippen molar-refractivity contribution in [2.75, 3.05) is 0 Å². The van der Waals surface area contributed by atoms with Gasteiger partial charge in [0.2, 0.25) is 0 Å². The van der Waals surface area contributed by atoms with Crippen molar-refractivity contribution in [3.05, 3.63) is 69.8 Å². The molecule has 0 unspecified atom stereocenters. The Balaban J connectivity index is 0.00000116. The van der Waals surface area contributed by atoms with Gasteiger partial charge in [0.25, 0.3) is 0 Å². The maximum atomic E-state index is 2.36. The van der Waals surface area contributed by atoms with Crippen LogP contribution < -0.4 is 0 Å². The van der Waals surface area contributed by atoms with E-state index in [1.165, 1.54) is 39.8 Å². The molecule has 1 atom stereocenters. The smallest absolute Gasteiger partial charge is 0.00256 e. The number of rotatable bonds is 4. The molecule has 2 aromatic carbocycles. The lowest BCUT2D eigenvalue weighted by Crippen LogP contribution is -1.97. The van der Waals surface area contributed by atoms with Gasteiger partial charge in [0.1, 0.15) is 0 Å². The molecular weight excluding hydrogens is 264 g/mol. The molecule has 0 aliphatic carbocycles. The number of benzene rings is 2. The Morgan fingerprint density at radius 3 is 1.82 bits per heavy atom. The fourth-order valence-corrected chi connectivity index (χ4v) is 2.77. The van der Waals surface area contributed by atoms with Crippen LogP contribution in [0.4, 0.5) is 0 Å². The van der Waals surface area contributed by atoms with Gasteiger partial charge in [-0.1, -0.05) is 64.1 Å². The largest absolute Gasteiger partial charge is 0.0683 e. The van der Waals surface area contributed by atoms with E-state index in [1.807, 2.05) is 13.8 Å². The predicted octanol–water partition coefficient (Wildman–Crippen LogP) is 6.74. The summed E-state index contributed by atoms with van der Waals surface area (Å²) in [6, 6.07) is 13.8. The van der Waals surface area contributed by atoms with Gasteiger partial charge >= 0.3 is 0 Å². The Morgan fingerprint density at radius 1 is 0.773 bits per heavy atom. The van der Waals surface area contributed by atoms with Crippen LogP contribution in [-0.4, -0.2) is 0 Å². The summed E-state index contributed by atoms with van der Waals surface area (Å²) in [5.41, 5.74) is 8.51. The molecule has 0 radical (unpaired) electrons. The first-order chi connectivity index (χ1) is 10.5. The van der Waals surface area contributed by atoms with Gasteiger partial charge in [-0.05, 0) is 72.9 Å². The van der Waals surface area contributed by atoms with Crippen LogP contribution in [0.25, 0.3) is 0 Å². The van der Waals surface area contributed by atoms with Gasteiger partial charge < -0.3 is 0 Å². The molecule has 0 aliphatic heterocycles. The zero-order chi connectivity index (χ0) is 16.7. The standard InChI is InChI=1S/C20H26.C2H6/c1-6-14(2)20-10-9-19(12-17(20)5)13-18-8-7-15(3)16(4)11-18;1-2/h7-12,14H,6,13H2,1-5H3;1-2H3/t14-;/m1./s1. The summed E-state index contributed by atoms with van der Waals surface area (Å²) in [5, 5.41) is 0. The topological polar surface area (TPSA) is 0 Å². The van der Waals surface area contributed by atoms with Crippen molar-refractivity contribution < 1.29 is 0 Å². The van der Waals surface area contributed by atoms with Crippen molar-refractivity contribution >= 4 is 0 Å². The Hall–Kier alpha value is -1.56. The van der Waals surface area contributed by atoms with Gasteiger partial charge in [0, 0.05) is 0 Å². The molecule has 0 amide bonds. The second-order valence-corrected chi connectivity index (χ2v) is 6.10. The zero-order valence-electron chi connectivity index (χ0n) is 15.5. The first-order valence-corrected chi connectivity index (χ1v) is 8.66. The van der Waals surface area contributed by atoms with E-state index in [9.17, 15) is 0 Å². The minimum absolute atomic E-state index is 0.658. The van der Waals surface area contributed by atoms with Crippen molar-refractivity contribution in [3.8, 4) is 0 Å². The average molecular weight is 296 g/mol. The molecule has 0 aliphatic rings. The third-order valence-corrected chi connectivity index (χ3v) is 4.46. The summed E-state index contributed by atoms with van der Waals surface area (Å²) < 4.78 is 0. The molecule has 0 aromatic heterocycles. The summed E-state index contributed by atoms with van der Waals surface area (Å²) >= 11 is 0. The quantitative estimate of drug-likeness (QED) is 0.586. The van der Waals surface area contributed by atoms with Gasteiger partial charge in [-0.15, -0.1) is 0 Å². The lowest BCUT2D eigenvalue weighted by molar-refractivity contribution is 0.727. The molecule has 0 heteroatoms. The highest BCUT2D eigenvalue weighted by Gasteiger charge is 2.07. The highest BCUT2D eigenvalue weighted by atomic mass is 14.1. The highest BCUT2D eigenvalue weighted by Crippen LogP contribution is 2.24. The van der Waals surface area contributed by atoms with E-state index < -0.39 is 0 Å². The van der Waals surface area contributed by atoms with Crippen molar-refractivity contribution in [3.63, 3.8) is 0 Å². The normalized spacial score (nSPS) is 11.6. The van der Waals surface area contributed by atoms with Crippen LogP contribution in [0.1, 0.15) is 73.4 Å². The average Bonchev–Trinajstić information content (AvgIpc) is 2.52. The molecule has 0 saturated heterocycles. The van der Waals surface area contributed by atoms with Crippen LogP contribution in [0, 0.1) is 20.8 Å². The molecule has 120 valence electrons. The van der Waals surface area contributed by atoms with Crippen LogP contribution in [0.3, 0.4) is 0 Å². The molecule has 0 nitrogen and oxygen atoms in total. The van der Waals surface area contributed by atoms with E-state index in [0.29, 0.717) is 5.92 Å². The van der Waals surface area contributed by atoms with Gasteiger partial charge in [-0.2, -0.15) is 0 Å². The van der Waals surface area contributed by atoms with E-state index in [1.54, 1.807) is 0 Å². The van der Waals surface area contributed by atoms with E-state index >= 15 is 0 Å². The molecule has 0 bridgehead atoms. The molecule has 2 aromatic rings. The van der Waals surface area contributed by atoms with Crippen molar-refractivity contribution in [1.29, 1.82) is 0 Å². The van der Waals surface area contributed by atoms with Gasteiger partial charge in [-0.25, -0.2) is 0 Å². The third-order valence-electron chi connectivity index (χ3n) is 4.46. The fraction of sp³-hybridized carbons (Fsp3) is 0.455. The molecule has 0 heterocycles. The molecule has 0 fully saturated rings. The Labute approximate surface area is 137 Å². The Morgan fingerprint density at radius 2 is 1.32 bits per heavy atom. The van der Waals surface area contributed by atoms with Crippen molar-refractivity contribution in [2.24, 2.45) is 0 Å². The van der Waals surface area contributed by atoms with E-state index in [-0.39, 0.29) is 0 Å². The highest BCUT2D eigenvalue weighted by molar-refractivity contribution is 5.37. The van der Waals surface area contributed by atoms with Gasteiger partial charge in [0.15, 0.2) is 0 Å². The zero-order valence-corrected chi connectivity index (χ0v) is 15.5. The second-order valence-electron chi connectivity index (χ2n) is 6.10. The number of hydrogen-bond acceptors (Lipinski definition) is 0. The Bertz CT molecular complexity index is 593. The number of hydrogen-bond donors (Lipinski definition) is 0. The fourth-order valence-electron chi connectivity index (χ4n) is 2.77. The van der Waals surface area contributed by atoms with Crippen LogP contribution in [0.15, 0.2) is 36.4 Å². The van der Waals surface area contributed by atoms with Gasteiger partial charge in [0.05, 0.1) is 0 Å². The second kappa shape index (κ2) is 8.78. The minimum Gasteiger partial charge on any atom is -0.0683 e. The molecule has 0 spiro atoms. The van der Waals surface area contributed by atoms with E-state index in [4.69, 9.17) is 0 Å². The molecule has 0 saturated carbocycles. The summed E-state index contributed by atoms with van der Waals surface area (Å²) in [4.78, 5) is 0. The van der Waals surface area contributed by atoms with Gasteiger partial charge in [-0.3, -0.25) is 0 Å². The molecular formula is C22H32. The predicted molar refractivity (Wildman–Crippen MR) is 100.0 cm³/mol. The minimum atomic E-state index is 0.658. The van der Waals surface area contributed by atoms with Crippen LogP contribution in [0.5, 0.6) is 0 Å². The van der Waals surface area contributed by atoms with Crippen molar-refractivity contribution in [2.45, 2.75) is 67.2 Å². The van der Waals surface area contributed by atoms with Crippen LogP contribution in [0.2, 0.25) is 0 Å². The Kier molecular flexibility index (Phi) is 7.38. The summed E-state index contributed by atoms with van der Waals surface area (Å²) in [5.74, 6) is 0.658. The van der Waals surface area contributed by atoms with Crippen LogP contribution >= 0.6 is 0 Å². The SMILES string of the molecule is CC.CC[C@@H](C)c1ccc(Cc2ccc(C)c(C)c2)cc1C. The maximum Gasteiger partial charge on any atom is -0.00256 e. The summed E-state index contributed by atoms with van der Waals surface area (Å²) in [6.07, 6.45) is 2.24. The van der Waals surface area contributed by atoms with E-state index in [2.05, 4.69) is 71.0 Å². The monoisotopic (exact) mass is 296 g/mol. The first-order valence-electron chi connectivity index (χ1n) is 8.66. The third kappa shape index (κ3) is 4.73.